The summed E-state index contributed by atoms with van der Waals surface area (Å²) in [4.78, 5) is 28.5. The molecule has 2 aromatic carbocycles. The highest BCUT2D eigenvalue weighted by Crippen LogP contribution is 2.38. The van der Waals surface area contributed by atoms with Crippen LogP contribution >= 0.6 is 11.6 Å². The number of carboxylic acid groups (broad SMARTS) is 1. The van der Waals surface area contributed by atoms with E-state index in [-0.39, 0.29) is 25.2 Å². The Labute approximate surface area is 196 Å². The van der Waals surface area contributed by atoms with Crippen LogP contribution in [0.25, 0.3) is 10.9 Å². The maximum Gasteiger partial charge on any atom is 0.303 e. The lowest BCUT2D eigenvalue weighted by molar-refractivity contribution is -0.137. The van der Waals surface area contributed by atoms with Crippen LogP contribution in [0.1, 0.15) is 48.4 Å². The number of fused-ring (bicyclic) bond motifs is 1. The third-order valence-corrected chi connectivity index (χ3v) is 6.07. The molecule has 0 saturated heterocycles. The monoisotopic (exact) mass is 465 g/mol. The van der Waals surface area contributed by atoms with Gasteiger partial charge in [0, 0.05) is 35.8 Å². The van der Waals surface area contributed by atoms with Gasteiger partial charge < -0.3 is 9.84 Å². The topological polar surface area (TPSA) is 92.1 Å². The van der Waals surface area contributed by atoms with Gasteiger partial charge in [-0.3, -0.25) is 9.59 Å². The van der Waals surface area contributed by atoms with Crippen molar-refractivity contribution in [2.75, 3.05) is 7.11 Å². The first-order valence-electron chi connectivity index (χ1n) is 10.7. The second-order valence-corrected chi connectivity index (χ2v) is 8.35. The maximum absolute atomic E-state index is 13.1. The van der Waals surface area contributed by atoms with Crippen LogP contribution in [0.3, 0.4) is 0 Å². The maximum atomic E-state index is 13.1. The summed E-state index contributed by atoms with van der Waals surface area (Å²) in [6.07, 6.45) is 0.733. The predicted octanol–water partition coefficient (Wildman–Crippen LogP) is 5.14. The van der Waals surface area contributed by atoms with Crippen molar-refractivity contribution in [1.29, 1.82) is 0 Å². The molecule has 33 heavy (non-hydrogen) atoms. The number of aryl methyl sites for hydroxylation is 1. The van der Waals surface area contributed by atoms with Crippen molar-refractivity contribution in [3.63, 3.8) is 0 Å². The molecule has 3 aromatic rings. The number of halogens is 1. The van der Waals surface area contributed by atoms with Crippen molar-refractivity contribution in [1.82, 2.24) is 9.99 Å². The lowest BCUT2D eigenvalue weighted by atomic mass is 9.96. The van der Waals surface area contributed by atoms with E-state index < -0.39 is 12.0 Å². The summed E-state index contributed by atoms with van der Waals surface area (Å²) in [6.45, 7) is 2.00. The van der Waals surface area contributed by atoms with Gasteiger partial charge in [0.1, 0.15) is 10.9 Å². The molecule has 7 nitrogen and oxygen atoms in total. The van der Waals surface area contributed by atoms with Crippen molar-refractivity contribution >= 4 is 40.1 Å². The van der Waals surface area contributed by atoms with Crippen molar-refractivity contribution in [2.45, 2.75) is 38.6 Å². The third kappa shape index (κ3) is 4.83. The summed E-state index contributed by atoms with van der Waals surface area (Å²) < 4.78 is 5.33. The molecule has 0 aliphatic carbocycles. The van der Waals surface area contributed by atoms with Crippen LogP contribution in [-0.2, 0) is 9.59 Å². The Morgan fingerprint density at radius 2 is 1.97 bits per heavy atom. The molecule has 1 aliphatic rings. The SMILES string of the molecule is COc1ccc2nc(Cl)c([C@H]3CC(c4ccccc4C)=NN3C(=O)CCCC(=O)O)cc2c1. The van der Waals surface area contributed by atoms with Gasteiger partial charge in [-0.05, 0) is 43.2 Å². The second-order valence-electron chi connectivity index (χ2n) is 7.99. The molecule has 1 N–H and O–H groups in total. The van der Waals surface area contributed by atoms with Gasteiger partial charge in [-0.15, -0.1) is 0 Å². The molecule has 1 aromatic heterocycles. The third-order valence-electron chi connectivity index (χ3n) is 5.76. The predicted molar refractivity (Wildman–Crippen MR) is 127 cm³/mol. The number of carbonyl (C=O) groups excluding carboxylic acids is 1. The average molecular weight is 466 g/mol. The van der Waals surface area contributed by atoms with Crippen molar-refractivity contribution in [3.8, 4) is 5.75 Å². The van der Waals surface area contributed by atoms with Crippen molar-refractivity contribution < 1.29 is 19.4 Å². The standard InChI is InChI=1S/C25H24ClN3O4/c1-15-6-3-4-7-18(15)21-14-22(29(28-21)23(30)8-5-9-24(31)32)19-13-16-12-17(33-2)10-11-20(16)27-25(19)26/h3-4,6-7,10-13,22H,5,8-9,14H2,1-2H3,(H,31,32)/t22-/m1/s1. The van der Waals surface area contributed by atoms with Crippen LogP contribution in [0.5, 0.6) is 5.75 Å². The summed E-state index contributed by atoms with van der Waals surface area (Å²) in [5, 5.41) is 16.2. The van der Waals surface area contributed by atoms with Gasteiger partial charge in [-0.2, -0.15) is 5.10 Å². The molecule has 8 heteroatoms. The van der Waals surface area contributed by atoms with Gasteiger partial charge in [0.15, 0.2) is 0 Å². The molecule has 1 atom stereocenters. The van der Waals surface area contributed by atoms with E-state index in [2.05, 4.69) is 10.1 Å². The Hall–Kier alpha value is -3.45. The quantitative estimate of drug-likeness (QED) is 0.488. The fourth-order valence-electron chi connectivity index (χ4n) is 4.06. The number of carbonyl (C=O) groups is 2. The number of methoxy groups -OCH3 is 1. The molecular weight excluding hydrogens is 442 g/mol. The van der Waals surface area contributed by atoms with Gasteiger partial charge in [0.25, 0.3) is 0 Å². The zero-order chi connectivity index (χ0) is 23.5. The Balaban J connectivity index is 1.73. The van der Waals surface area contributed by atoms with E-state index in [0.29, 0.717) is 22.9 Å². The molecule has 0 spiro atoms. The molecule has 0 saturated carbocycles. The van der Waals surface area contributed by atoms with Crippen LogP contribution < -0.4 is 4.74 Å². The minimum Gasteiger partial charge on any atom is -0.497 e. The van der Waals surface area contributed by atoms with E-state index in [0.717, 1.165) is 27.7 Å². The van der Waals surface area contributed by atoms with Crippen molar-refractivity contribution in [3.05, 3.63) is 70.4 Å². The second kappa shape index (κ2) is 9.58. The number of rotatable bonds is 7. The van der Waals surface area contributed by atoms with E-state index in [1.54, 1.807) is 7.11 Å². The molecule has 0 radical (unpaired) electrons. The van der Waals surface area contributed by atoms with Crippen LogP contribution in [0.15, 0.2) is 53.6 Å². The van der Waals surface area contributed by atoms with E-state index in [1.165, 1.54) is 5.01 Å². The van der Waals surface area contributed by atoms with E-state index in [4.69, 9.17) is 21.4 Å². The van der Waals surface area contributed by atoms with Gasteiger partial charge in [0.2, 0.25) is 5.91 Å². The average Bonchev–Trinajstić information content (AvgIpc) is 3.23. The largest absolute Gasteiger partial charge is 0.497 e. The zero-order valence-electron chi connectivity index (χ0n) is 18.4. The summed E-state index contributed by atoms with van der Waals surface area (Å²) in [5.41, 5.74) is 4.22. The Morgan fingerprint density at radius 1 is 1.18 bits per heavy atom. The van der Waals surface area contributed by atoms with Crippen LogP contribution in [0.4, 0.5) is 0 Å². The molecule has 170 valence electrons. The molecule has 0 fully saturated rings. The number of amides is 1. The number of ether oxygens (including phenoxy) is 1. The van der Waals surface area contributed by atoms with Crippen LogP contribution in [0, 0.1) is 6.92 Å². The van der Waals surface area contributed by atoms with Gasteiger partial charge in [0.05, 0.1) is 24.4 Å². The normalized spacial score (nSPS) is 15.5. The first kappa shape index (κ1) is 22.7. The number of carboxylic acids is 1. The number of hydrazone groups is 1. The Bertz CT molecular complexity index is 1260. The fourth-order valence-corrected chi connectivity index (χ4v) is 4.33. The number of nitrogens with zero attached hydrogens (tertiary/aromatic N) is 3. The Kier molecular flexibility index (Phi) is 6.60. The van der Waals surface area contributed by atoms with Gasteiger partial charge in [-0.1, -0.05) is 35.9 Å². The van der Waals surface area contributed by atoms with E-state index >= 15 is 0 Å². The van der Waals surface area contributed by atoms with E-state index in [9.17, 15) is 9.59 Å². The smallest absolute Gasteiger partial charge is 0.303 e. The molecule has 4 rings (SSSR count). The Morgan fingerprint density at radius 3 is 2.70 bits per heavy atom. The number of hydrogen-bond donors (Lipinski definition) is 1. The molecule has 1 aliphatic heterocycles. The summed E-state index contributed by atoms with van der Waals surface area (Å²) >= 11 is 6.59. The lowest BCUT2D eigenvalue weighted by Gasteiger charge is -2.23. The van der Waals surface area contributed by atoms with Crippen molar-refractivity contribution in [2.24, 2.45) is 5.10 Å². The zero-order valence-corrected chi connectivity index (χ0v) is 19.2. The van der Waals surface area contributed by atoms with Crippen LogP contribution in [-0.4, -0.2) is 39.8 Å². The molecule has 2 heterocycles. The summed E-state index contributed by atoms with van der Waals surface area (Å²) in [6, 6.07) is 14.9. The first-order chi connectivity index (χ1) is 15.9. The number of aliphatic carboxylic acids is 1. The lowest BCUT2D eigenvalue weighted by Crippen LogP contribution is -2.27. The summed E-state index contributed by atoms with van der Waals surface area (Å²) in [7, 11) is 1.60. The highest BCUT2D eigenvalue weighted by molar-refractivity contribution is 6.30. The van der Waals surface area contributed by atoms with Crippen LogP contribution in [0.2, 0.25) is 5.15 Å². The highest BCUT2D eigenvalue weighted by atomic mass is 35.5. The fraction of sp³-hybridized carbons (Fsp3) is 0.280. The molecule has 1 amide bonds. The number of hydrogen-bond acceptors (Lipinski definition) is 5. The number of benzene rings is 2. The molecule has 0 bridgehead atoms. The van der Waals surface area contributed by atoms with E-state index in [1.807, 2.05) is 55.5 Å². The number of aromatic nitrogens is 1. The minimum atomic E-state index is -0.930. The molecular formula is C25H24ClN3O4. The highest BCUT2D eigenvalue weighted by Gasteiger charge is 2.35. The van der Waals surface area contributed by atoms with Gasteiger partial charge in [-0.25, -0.2) is 9.99 Å². The summed E-state index contributed by atoms with van der Waals surface area (Å²) in [5.74, 6) is -0.477. The first-order valence-corrected chi connectivity index (χ1v) is 11.1. The minimum absolute atomic E-state index is 0.0727. The molecule has 0 unspecified atom stereocenters. The number of pyridine rings is 1. The van der Waals surface area contributed by atoms with Gasteiger partial charge >= 0.3 is 5.97 Å².